The average Bonchev–Trinajstić information content (AvgIpc) is 2.47. The summed E-state index contributed by atoms with van der Waals surface area (Å²) in [6, 6.07) is 12.2. The monoisotopic (exact) mass is 296 g/mol. The van der Waals surface area contributed by atoms with E-state index < -0.39 is 0 Å². The number of aryl methyl sites for hydroxylation is 4. The van der Waals surface area contributed by atoms with Gasteiger partial charge in [0.05, 0.1) is 0 Å². The molecule has 0 aliphatic carbocycles. The van der Waals surface area contributed by atoms with E-state index in [1.54, 1.807) is 0 Å². The molecule has 0 aromatic heterocycles. The molecule has 3 heteroatoms. The molecule has 0 fully saturated rings. The van der Waals surface area contributed by atoms with Gasteiger partial charge in [0, 0.05) is 24.3 Å². The number of rotatable bonds is 5. The fourth-order valence-corrected chi connectivity index (χ4v) is 2.21. The molecule has 2 N–H and O–H groups in total. The van der Waals surface area contributed by atoms with Gasteiger partial charge >= 0.3 is 0 Å². The molecule has 3 nitrogen and oxygen atoms in total. The van der Waals surface area contributed by atoms with Gasteiger partial charge in [-0.1, -0.05) is 12.1 Å². The molecule has 1 amide bonds. The summed E-state index contributed by atoms with van der Waals surface area (Å²) >= 11 is 0. The normalized spacial score (nSPS) is 10.4. The number of benzene rings is 2. The molecule has 0 saturated heterocycles. The second-order valence-corrected chi connectivity index (χ2v) is 5.82. The Bertz CT molecular complexity index is 677. The van der Waals surface area contributed by atoms with Gasteiger partial charge in [-0.15, -0.1) is 0 Å². The SMILES string of the molecule is Cc1ccc(NCCC(=O)Nc2ccc(C)c(C)c2)cc1C. The summed E-state index contributed by atoms with van der Waals surface area (Å²) < 4.78 is 0. The van der Waals surface area contributed by atoms with E-state index in [1.165, 1.54) is 22.3 Å². The first kappa shape index (κ1) is 16.1. The first-order valence-electron chi connectivity index (χ1n) is 7.64. The van der Waals surface area contributed by atoms with E-state index >= 15 is 0 Å². The molecule has 2 aromatic carbocycles. The highest BCUT2D eigenvalue weighted by Gasteiger charge is 2.04. The van der Waals surface area contributed by atoms with Crippen LogP contribution < -0.4 is 10.6 Å². The van der Waals surface area contributed by atoms with Gasteiger partial charge in [0.2, 0.25) is 5.91 Å². The van der Waals surface area contributed by atoms with Crippen molar-refractivity contribution in [1.82, 2.24) is 0 Å². The number of carbonyl (C=O) groups excluding carboxylic acids is 1. The van der Waals surface area contributed by atoms with Crippen LogP contribution in [-0.4, -0.2) is 12.5 Å². The van der Waals surface area contributed by atoms with Crippen LogP contribution in [0.5, 0.6) is 0 Å². The first-order valence-corrected chi connectivity index (χ1v) is 7.64. The molecule has 2 rings (SSSR count). The number of carbonyl (C=O) groups is 1. The molecule has 0 heterocycles. The predicted octanol–water partition coefficient (Wildman–Crippen LogP) is 4.36. The van der Waals surface area contributed by atoms with Gasteiger partial charge in [-0.2, -0.15) is 0 Å². The maximum absolute atomic E-state index is 12.0. The van der Waals surface area contributed by atoms with Crippen molar-refractivity contribution in [1.29, 1.82) is 0 Å². The van der Waals surface area contributed by atoms with Gasteiger partial charge < -0.3 is 10.6 Å². The minimum atomic E-state index is 0.0274. The molecule has 22 heavy (non-hydrogen) atoms. The highest BCUT2D eigenvalue weighted by atomic mass is 16.1. The molecule has 0 bridgehead atoms. The Labute approximate surface area is 132 Å². The Balaban J connectivity index is 1.82. The number of hydrogen-bond donors (Lipinski definition) is 2. The molecule has 2 aromatic rings. The zero-order chi connectivity index (χ0) is 16.1. The van der Waals surface area contributed by atoms with Crippen LogP contribution in [-0.2, 0) is 4.79 Å². The highest BCUT2D eigenvalue weighted by Crippen LogP contribution is 2.15. The van der Waals surface area contributed by atoms with Gasteiger partial charge in [0.15, 0.2) is 0 Å². The second-order valence-electron chi connectivity index (χ2n) is 5.82. The minimum Gasteiger partial charge on any atom is -0.385 e. The van der Waals surface area contributed by atoms with Crippen molar-refractivity contribution in [3.8, 4) is 0 Å². The molecule has 0 unspecified atom stereocenters. The van der Waals surface area contributed by atoms with Crippen molar-refractivity contribution in [2.75, 3.05) is 17.2 Å². The van der Waals surface area contributed by atoms with E-state index in [0.29, 0.717) is 13.0 Å². The summed E-state index contributed by atoms with van der Waals surface area (Å²) in [7, 11) is 0. The van der Waals surface area contributed by atoms with Crippen molar-refractivity contribution in [2.45, 2.75) is 34.1 Å². The smallest absolute Gasteiger partial charge is 0.226 e. The van der Waals surface area contributed by atoms with E-state index in [1.807, 2.05) is 31.2 Å². The topological polar surface area (TPSA) is 41.1 Å². The summed E-state index contributed by atoms with van der Waals surface area (Å²) in [6.45, 7) is 8.92. The van der Waals surface area contributed by atoms with Crippen LogP contribution in [0.25, 0.3) is 0 Å². The van der Waals surface area contributed by atoms with Gasteiger partial charge in [-0.05, 0) is 74.2 Å². The standard InChI is InChI=1S/C19H24N2O/c1-13-5-7-17(11-15(13)3)20-10-9-19(22)21-18-8-6-14(2)16(4)12-18/h5-8,11-12,20H,9-10H2,1-4H3,(H,21,22). The number of nitrogens with one attached hydrogen (secondary N) is 2. The lowest BCUT2D eigenvalue weighted by Crippen LogP contribution is -2.16. The Morgan fingerprint density at radius 1 is 0.818 bits per heavy atom. The fourth-order valence-electron chi connectivity index (χ4n) is 2.21. The molecule has 0 radical (unpaired) electrons. The molecular weight excluding hydrogens is 272 g/mol. The summed E-state index contributed by atoms with van der Waals surface area (Å²) in [6.07, 6.45) is 0.444. The lowest BCUT2D eigenvalue weighted by molar-refractivity contribution is -0.115. The van der Waals surface area contributed by atoms with Crippen molar-refractivity contribution in [2.24, 2.45) is 0 Å². The van der Waals surface area contributed by atoms with Crippen LogP contribution in [0, 0.1) is 27.7 Å². The number of anilines is 2. The highest BCUT2D eigenvalue weighted by molar-refractivity contribution is 5.91. The van der Waals surface area contributed by atoms with Crippen molar-refractivity contribution in [3.63, 3.8) is 0 Å². The summed E-state index contributed by atoms with van der Waals surface area (Å²) in [5, 5.41) is 6.23. The molecular formula is C19H24N2O. The van der Waals surface area contributed by atoms with Gasteiger partial charge in [0.1, 0.15) is 0 Å². The summed E-state index contributed by atoms with van der Waals surface area (Å²) in [4.78, 5) is 12.0. The largest absolute Gasteiger partial charge is 0.385 e. The third-order valence-electron chi connectivity index (χ3n) is 3.98. The number of amides is 1. The summed E-state index contributed by atoms with van der Waals surface area (Å²) in [5.41, 5.74) is 6.87. The van der Waals surface area contributed by atoms with Gasteiger partial charge in [-0.25, -0.2) is 0 Å². The lowest BCUT2D eigenvalue weighted by atomic mass is 10.1. The molecule has 116 valence electrons. The van der Waals surface area contributed by atoms with E-state index in [9.17, 15) is 4.79 Å². The molecule has 0 aliphatic rings. The Morgan fingerprint density at radius 3 is 1.95 bits per heavy atom. The maximum atomic E-state index is 12.0. The molecule has 0 aliphatic heterocycles. The van der Waals surface area contributed by atoms with Crippen LogP contribution in [0.3, 0.4) is 0 Å². The van der Waals surface area contributed by atoms with E-state index in [4.69, 9.17) is 0 Å². The fraction of sp³-hybridized carbons (Fsp3) is 0.316. The van der Waals surface area contributed by atoms with Crippen LogP contribution in [0.4, 0.5) is 11.4 Å². The van der Waals surface area contributed by atoms with E-state index in [0.717, 1.165) is 11.4 Å². The zero-order valence-corrected chi connectivity index (χ0v) is 13.8. The van der Waals surface area contributed by atoms with Crippen molar-refractivity contribution in [3.05, 3.63) is 58.7 Å². The van der Waals surface area contributed by atoms with Crippen LogP contribution >= 0.6 is 0 Å². The van der Waals surface area contributed by atoms with Gasteiger partial charge in [-0.3, -0.25) is 4.79 Å². The van der Waals surface area contributed by atoms with Crippen LogP contribution in [0.2, 0.25) is 0 Å². The summed E-state index contributed by atoms with van der Waals surface area (Å²) in [5.74, 6) is 0.0274. The van der Waals surface area contributed by atoms with Crippen molar-refractivity contribution >= 4 is 17.3 Å². The lowest BCUT2D eigenvalue weighted by Gasteiger charge is -2.10. The molecule has 0 saturated carbocycles. The Morgan fingerprint density at radius 2 is 1.36 bits per heavy atom. The first-order chi connectivity index (χ1) is 10.5. The van der Waals surface area contributed by atoms with Gasteiger partial charge in [0.25, 0.3) is 0 Å². The second kappa shape index (κ2) is 7.12. The molecule has 0 spiro atoms. The third-order valence-corrected chi connectivity index (χ3v) is 3.98. The number of hydrogen-bond acceptors (Lipinski definition) is 2. The average molecular weight is 296 g/mol. The third kappa shape index (κ3) is 4.35. The Kier molecular flexibility index (Phi) is 5.21. The maximum Gasteiger partial charge on any atom is 0.226 e. The van der Waals surface area contributed by atoms with E-state index in [-0.39, 0.29) is 5.91 Å². The zero-order valence-electron chi connectivity index (χ0n) is 13.8. The van der Waals surface area contributed by atoms with Crippen LogP contribution in [0.15, 0.2) is 36.4 Å². The van der Waals surface area contributed by atoms with E-state index in [2.05, 4.69) is 43.5 Å². The van der Waals surface area contributed by atoms with Crippen LogP contribution in [0.1, 0.15) is 28.7 Å². The van der Waals surface area contributed by atoms with Crippen molar-refractivity contribution < 1.29 is 4.79 Å². The Hall–Kier alpha value is -2.29. The minimum absolute atomic E-state index is 0.0274. The quantitative estimate of drug-likeness (QED) is 0.860. The predicted molar refractivity (Wildman–Crippen MR) is 93.6 cm³/mol. The molecule has 0 atom stereocenters.